The van der Waals surface area contributed by atoms with E-state index in [9.17, 15) is 15.0 Å². The van der Waals surface area contributed by atoms with Gasteiger partial charge in [0.05, 0.1) is 6.61 Å². The third kappa shape index (κ3) is 7.35. The fourth-order valence-electron chi connectivity index (χ4n) is 2.99. The van der Waals surface area contributed by atoms with Gasteiger partial charge in [-0.05, 0) is 42.3 Å². The molecule has 0 bridgehead atoms. The van der Waals surface area contributed by atoms with Gasteiger partial charge in [-0.25, -0.2) is 4.98 Å². The van der Waals surface area contributed by atoms with Gasteiger partial charge in [0, 0.05) is 30.4 Å². The molecule has 3 rings (SSSR count). The number of benzene rings is 2. The van der Waals surface area contributed by atoms with E-state index in [0.717, 1.165) is 5.56 Å². The monoisotopic (exact) mass is 437 g/mol. The van der Waals surface area contributed by atoms with Crippen molar-refractivity contribution in [2.45, 2.75) is 18.6 Å². The first kappa shape index (κ1) is 23.2. The maximum Gasteiger partial charge on any atom is 0.248 e. The zero-order chi connectivity index (χ0) is 22.8. The van der Waals surface area contributed by atoms with Crippen LogP contribution in [0.15, 0.2) is 72.9 Å². The highest BCUT2D eigenvalue weighted by Crippen LogP contribution is 2.21. The van der Waals surface area contributed by atoms with Crippen LogP contribution in [0.4, 0.5) is 0 Å². The van der Waals surface area contributed by atoms with Crippen LogP contribution in [0, 0.1) is 0 Å². The topological polar surface area (TPSA) is 127 Å². The van der Waals surface area contributed by atoms with Gasteiger partial charge in [0.25, 0.3) is 0 Å². The molecule has 8 nitrogen and oxygen atoms in total. The highest BCUT2D eigenvalue weighted by atomic mass is 16.5. The predicted octanol–water partition coefficient (Wildman–Crippen LogP) is 1.91. The Balaban J connectivity index is 1.46. The standard InChI is InChI=1S/C24H27N3O5/c25-24(30)18-10-11-26-23(13-18)32-22-8-6-17(7-9-22)12-19(15-28)27-14-20(29)16-31-21-4-2-1-3-5-21/h1-11,13,19-20,27-29H,12,14-16H2,(H2,25,30)/t19-,20?/m0/s1. The normalized spacial score (nSPS) is 12.7. The summed E-state index contributed by atoms with van der Waals surface area (Å²) in [4.78, 5) is 15.3. The molecule has 0 spiro atoms. The van der Waals surface area contributed by atoms with Crippen molar-refractivity contribution < 1.29 is 24.5 Å². The second-order valence-corrected chi connectivity index (χ2v) is 7.26. The zero-order valence-electron chi connectivity index (χ0n) is 17.6. The Bertz CT molecular complexity index is 982. The Morgan fingerprint density at radius 2 is 1.81 bits per heavy atom. The molecule has 5 N–H and O–H groups in total. The summed E-state index contributed by atoms with van der Waals surface area (Å²) in [6, 6.07) is 19.4. The number of hydrogen-bond donors (Lipinski definition) is 4. The Hall–Kier alpha value is -3.46. The number of aliphatic hydroxyl groups excluding tert-OH is 2. The SMILES string of the molecule is NC(=O)c1ccnc(Oc2ccc(C[C@@H](CO)NCC(O)COc3ccccc3)cc2)c1. The van der Waals surface area contributed by atoms with Crippen LogP contribution in [0.3, 0.4) is 0 Å². The number of nitrogens with zero attached hydrogens (tertiary/aromatic N) is 1. The summed E-state index contributed by atoms with van der Waals surface area (Å²) in [6.45, 7) is 0.377. The largest absolute Gasteiger partial charge is 0.491 e. The van der Waals surface area contributed by atoms with E-state index in [1.807, 2.05) is 42.5 Å². The van der Waals surface area contributed by atoms with E-state index in [1.165, 1.54) is 18.3 Å². The maximum atomic E-state index is 11.3. The predicted molar refractivity (Wildman–Crippen MR) is 120 cm³/mol. The van der Waals surface area contributed by atoms with Crippen LogP contribution in [0.5, 0.6) is 17.4 Å². The Kier molecular flexibility index (Phi) is 8.56. The molecule has 0 saturated heterocycles. The summed E-state index contributed by atoms with van der Waals surface area (Å²) >= 11 is 0. The van der Waals surface area contributed by atoms with Gasteiger partial charge in [-0.1, -0.05) is 30.3 Å². The molecule has 3 aromatic rings. The molecule has 8 heteroatoms. The van der Waals surface area contributed by atoms with Crippen LogP contribution in [0.25, 0.3) is 0 Å². The lowest BCUT2D eigenvalue weighted by molar-refractivity contribution is 0.0995. The van der Waals surface area contributed by atoms with E-state index in [2.05, 4.69) is 10.3 Å². The molecule has 168 valence electrons. The van der Waals surface area contributed by atoms with Crippen LogP contribution in [-0.2, 0) is 6.42 Å². The third-order valence-corrected chi connectivity index (χ3v) is 4.70. The molecular weight excluding hydrogens is 410 g/mol. The van der Waals surface area contributed by atoms with E-state index in [0.29, 0.717) is 30.0 Å². The molecule has 0 saturated carbocycles. The van der Waals surface area contributed by atoms with E-state index in [4.69, 9.17) is 15.2 Å². The van der Waals surface area contributed by atoms with E-state index < -0.39 is 12.0 Å². The van der Waals surface area contributed by atoms with Gasteiger partial charge in [0.1, 0.15) is 24.2 Å². The average molecular weight is 437 g/mol. The number of ether oxygens (including phenoxy) is 2. The number of para-hydroxylation sites is 1. The molecule has 2 aromatic carbocycles. The lowest BCUT2D eigenvalue weighted by Gasteiger charge is -2.19. The molecule has 1 heterocycles. The second-order valence-electron chi connectivity index (χ2n) is 7.26. The molecule has 0 aliphatic heterocycles. The van der Waals surface area contributed by atoms with Crippen LogP contribution in [0.2, 0.25) is 0 Å². The fraction of sp³-hybridized carbons (Fsp3) is 0.250. The van der Waals surface area contributed by atoms with Crippen molar-refractivity contribution in [1.29, 1.82) is 0 Å². The van der Waals surface area contributed by atoms with Crippen molar-refractivity contribution in [3.05, 3.63) is 84.1 Å². The fourth-order valence-corrected chi connectivity index (χ4v) is 2.99. The summed E-state index contributed by atoms with van der Waals surface area (Å²) in [7, 11) is 0. The summed E-state index contributed by atoms with van der Waals surface area (Å²) in [5, 5.41) is 23.0. The summed E-state index contributed by atoms with van der Waals surface area (Å²) in [5.74, 6) is 0.983. The lowest BCUT2D eigenvalue weighted by atomic mass is 10.1. The first-order valence-corrected chi connectivity index (χ1v) is 10.3. The highest BCUT2D eigenvalue weighted by Gasteiger charge is 2.12. The molecule has 2 atom stereocenters. The number of carbonyl (C=O) groups excluding carboxylic acids is 1. The van der Waals surface area contributed by atoms with Crippen molar-refractivity contribution in [2.24, 2.45) is 5.73 Å². The Labute approximate surface area is 186 Å². The van der Waals surface area contributed by atoms with Crippen LogP contribution >= 0.6 is 0 Å². The minimum absolute atomic E-state index is 0.0751. The van der Waals surface area contributed by atoms with E-state index >= 15 is 0 Å². The van der Waals surface area contributed by atoms with Crippen molar-refractivity contribution in [3.8, 4) is 17.4 Å². The van der Waals surface area contributed by atoms with Gasteiger partial charge in [-0.2, -0.15) is 0 Å². The van der Waals surface area contributed by atoms with Crippen molar-refractivity contribution in [2.75, 3.05) is 19.8 Å². The first-order valence-electron chi connectivity index (χ1n) is 10.3. The number of carbonyl (C=O) groups is 1. The summed E-state index contributed by atoms with van der Waals surface area (Å²) < 4.78 is 11.2. The van der Waals surface area contributed by atoms with Crippen molar-refractivity contribution >= 4 is 5.91 Å². The molecule has 32 heavy (non-hydrogen) atoms. The smallest absolute Gasteiger partial charge is 0.248 e. The van der Waals surface area contributed by atoms with E-state index in [1.54, 1.807) is 12.1 Å². The number of amides is 1. The number of pyridine rings is 1. The van der Waals surface area contributed by atoms with Gasteiger partial charge in [0.15, 0.2) is 0 Å². The van der Waals surface area contributed by atoms with Crippen LogP contribution in [-0.4, -0.2) is 53.0 Å². The molecule has 1 amide bonds. The number of nitrogens with two attached hydrogens (primary N) is 1. The molecule has 0 radical (unpaired) electrons. The number of hydrogen-bond acceptors (Lipinski definition) is 7. The minimum atomic E-state index is -0.705. The van der Waals surface area contributed by atoms with Crippen LogP contribution < -0.4 is 20.5 Å². The van der Waals surface area contributed by atoms with Gasteiger partial charge in [-0.15, -0.1) is 0 Å². The van der Waals surface area contributed by atoms with Crippen LogP contribution in [0.1, 0.15) is 15.9 Å². The van der Waals surface area contributed by atoms with Crippen molar-refractivity contribution in [1.82, 2.24) is 10.3 Å². The summed E-state index contributed by atoms with van der Waals surface area (Å²) in [6.07, 6.45) is 1.32. The summed E-state index contributed by atoms with van der Waals surface area (Å²) in [5.41, 5.74) is 6.57. The van der Waals surface area contributed by atoms with Gasteiger partial charge in [-0.3, -0.25) is 4.79 Å². The Morgan fingerprint density at radius 3 is 2.50 bits per heavy atom. The molecular formula is C24H27N3O5. The Morgan fingerprint density at radius 1 is 1.06 bits per heavy atom. The van der Waals surface area contributed by atoms with E-state index in [-0.39, 0.29) is 25.1 Å². The molecule has 1 unspecified atom stereocenters. The lowest BCUT2D eigenvalue weighted by Crippen LogP contribution is -2.41. The van der Waals surface area contributed by atoms with Crippen molar-refractivity contribution in [3.63, 3.8) is 0 Å². The number of primary amides is 1. The molecule has 0 fully saturated rings. The average Bonchev–Trinajstić information content (AvgIpc) is 2.82. The number of aliphatic hydroxyl groups is 2. The third-order valence-electron chi connectivity index (χ3n) is 4.70. The highest BCUT2D eigenvalue weighted by molar-refractivity contribution is 5.92. The molecule has 0 aliphatic carbocycles. The minimum Gasteiger partial charge on any atom is -0.491 e. The number of aromatic nitrogens is 1. The number of nitrogens with one attached hydrogen (secondary N) is 1. The quantitative estimate of drug-likeness (QED) is 0.341. The zero-order valence-corrected chi connectivity index (χ0v) is 17.6. The maximum absolute atomic E-state index is 11.3. The van der Waals surface area contributed by atoms with Gasteiger partial charge < -0.3 is 30.7 Å². The second kappa shape index (κ2) is 11.8. The van der Waals surface area contributed by atoms with Gasteiger partial charge in [0.2, 0.25) is 11.8 Å². The number of rotatable bonds is 12. The van der Waals surface area contributed by atoms with Gasteiger partial charge >= 0.3 is 0 Å². The molecule has 0 aliphatic rings. The molecule has 1 aromatic heterocycles. The first-order chi connectivity index (χ1) is 15.5.